The van der Waals surface area contributed by atoms with E-state index in [0.29, 0.717) is 13.0 Å². The van der Waals surface area contributed by atoms with Crippen molar-refractivity contribution >= 4 is 5.97 Å². The minimum atomic E-state index is -0.572. The van der Waals surface area contributed by atoms with Gasteiger partial charge in [0, 0.05) is 6.54 Å². The van der Waals surface area contributed by atoms with Crippen LogP contribution in [0.15, 0.2) is 48.6 Å². The van der Waals surface area contributed by atoms with Gasteiger partial charge in [0.1, 0.15) is 0 Å². The van der Waals surface area contributed by atoms with Crippen LogP contribution >= 0.6 is 0 Å². The summed E-state index contributed by atoms with van der Waals surface area (Å²) in [6.45, 7) is 12.0. The fraction of sp³-hybridized carbons (Fsp3) is 0.812. The SMILES string of the molecule is CCCCC/C=C\C/C=C\CCCCCCCCC(O)(CCCCCCCC/C=C\C/C=C\CCCCC)CCCCOC(=O)CCN(CC)CC. The molecule has 0 aromatic rings. The first-order chi connectivity index (χ1) is 25.5. The molecule has 0 bridgehead atoms. The van der Waals surface area contributed by atoms with Crippen LogP contribution in [0.3, 0.4) is 0 Å². The quantitative estimate of drug-likeness (QED) is 0.0388. The fourth-order valence-corrected chi connectivity index (χ4v) is 6.86. The Labute approximate surface area is 325 Å². The van der Waals surface area contributed by atoms with Gasteiger partial charge in [0.05, 0.1) is 18.6 Å². The zero-order valence-electron chi connectivity index (χ0n) is 35.4. The monoisotopic (exact) mass is 728 g/mol. The van der Waals surface area contributed by atoms with E-state index in [1.54, 1.807) is 0 Å². The molecule has 0 rings (SSSR count). The van der Waals surface area contributed by atoms with Crippen molar-refractivity contribution in [3.05, 3.63) is 48.6 Å². The third-order valence-corrected chi connectivity index (χ3v) is 10.5. The van der Waals surface area contributed by atoms with E-state index in [1.807, 2.05) is 0 Å². The average Bonchev–Trinajstić information content (AvgIpc) is 3.14. The Balaban J connectivity index is 4.31. The Bertz CT molecular complexity index is 808. The van der Waals surface area contributed by atoms with Crippen molar-refractivity contribution in [2.45, 2.75) is 226 Å². The normalized spacial score (nSPS) is 12.6. The van der Waals surface area contributed by atoms with Crippen molar-refractivity contribution < 1.29 is 14.6 Å². The Kier molecular flexibility index (Phi) is 39.2. The molecule has 52 heavy (non-hydrogen) atoms. The molecule has 0 aromatic heterocycles. The van der Waals surface area contributed by atoms with E-state index in [4.69, 9.17) is 4.74 Å². The van der Waals surface area contributed by atoms with Gasteiger partial charge in [-0.1, -0.05) is 166 Å². The molecule has 0 unspecified atom stereocenters. The van der Waals surface area contributed by atoms with Gasteiger partial charge >= 0.3 is 5.97 Å². The van der Waals surface area contributed by atoms with E-state index in [0.717, 1.165) is 77.4 Å². The van der Waals surface area contributed by atoms with Gasteiger partial charge in [-0.2, -0.15) is 0 Å². The molecular weight excluding hydrogens is 639 g/mol. The number of carbonyl (C=O) groups excluding carboxylic acids is 1. The molecule has 4 heteroatoms. The number of nitrogens with zero attached hydrogens (tertiary/aromatic N) is 1. The molecule has 0 amide bonds. The molecule has 0 radical (unpaired) electrons. The number of allylic oxidation sites excluding steroid dienone is 8. The summed E-state index contributed by atoms with van der Waals surface area (Å²) in [5.74, 6) is -0.0927. The molecule has 0 spiro atoms. The van der Waals surface area contributed by atoms with Crippen molar-refractivity contribution in [2.24, 2.45) is 0 Å². The fourth-order valence-electron chi connectivity index (χ4n) is 6.86. The lowest BCUT2D eigenvalue weighted by molar-refractivity contribution is -0.144. The number of carbonyl (C=O) groups is 1. The second-order valence-electron chi connectivity index (χ2n) is 15.3. The molecule has 0 aromatic carbocycles. The molecule has 0 aliphatic heterocycles. The van der Waals surface area contributed by atoms with E-state index in [1.165, 1.54) is 128 Å². The highest BCUT2D eigenvalue weighted by Crippen LogP contribution is 2.29. The first-order valence-electron chi connectivity index (χ1n) is 22.7. The van der Waals surface area contributed by atoms with Crippen molar-refractivity contribution in [3.63, 3.8) is 0 Å². The summed E-state index contributed by atoms with van der Waals surface area (Å²) < 4.78 is 5.52. The van der Waals surface area contributed by atoms with Gasteiger partial charge < -0.3 is 14.7 Å². The minimum Gasteiger partial charge on any atom is -0.466 e. The zero-order valence-corrected chi connectivity index (χ0v) is 35.4. The van der Waals surface area contributed by atoms with Crippen molar-refractivity contribution in [1.29, 1.82) is 0 Å². The van der Waals surface area contributed by atoms with E-state index in [9.17, 15) is 9.90 Å². The molecule has 1 N–H and O–H groups in total. The van der Waals surface area contributed by atoms with Gasteiger partial charge in [-0.05, 0) is 109 Å². The molecule has 0 fully saturated rings. The van der Waals surface area contributed by atoms with Gasteiger partial charge in [-0.3, -0.25) is 4.79 Å². The molecule has 0 heterocycles. The van der Waals surface area contributed by atoms with Crippen LogP contribution in [0, 0.1) is 0 Å². The van der Waals surface area contributed by atoms with Gasteiger partial charge in [0.15, 0.2) is 0 Å². The Morgan fingerprint density at radius 3 is 1.27 bits per heavy atom. The maximum absolute atomic E-state index is 12.2. The van der Waals surface area contributed by atoms with Crippen LogP contribution in [0.5, 0.6) is 0 Å². The second kappa shape index (κ2) is 40.5. The number of aliphatic hydroxyl groups is 1. The largest absolute Gasteiger partial charge is 0.466 e. The van der Waals surface area contributed by atoms with Gasteiger partial charge in [-0.15, -0.1) is 0 Å². The highest BCUT2D eigenvalue weighted by molar-refractivity contribution is 5.69. The van der Waals surface area contributed by atoms with Crippen LogP contribution in [0.25, 0.3) is 0 Å². The lowest BCUT2D eigenvalue weighted by atomic mass is 9.85. The molecule has 0 atom stereocenters. The molecule has 304 valence electrons. The molecule has 0 saturated heterocycles. The third kappa shape index (κ3) is 36.7. The summed E-state index contributed by atoms with van der Waals surface area (Å²) in [6, 6.07) is 0. The predicted molar refractivity (Wildman–Crippen MR) is 230 cm³/mol. The number of unbranched alkanes of at least 4 members (excludes halogenated alkanes) is 19. The van der Waals surface area contributed by atoms with Crippen LogP contribution in [0.1, 0.15) is 220 Å². The zero-order chi connectivity index (χ0) is 38.1. The minimum absolute atomic E-state index is 0.0927. The van der Waals surface area contributed by atoms with Gasteiger partial charge in [0.2, 0.25) is 0 Å². The summed E-state index contributed by atoms with van der Waals surface area (Å²) in [7, 11) is 0. The Morgan fingerprint density at radius 2 is 0.865 bits per heavy atom. The maximum Gasteiger partial charge on any atom is 0.307 e. The molecule has 4 nitrogen and oxygen atoms in total. The van der Waals surface area contributed by atoms with E-state index < -0.39 is 5.60 Å². The Hall–Kier alpha value is -1.65. The Morgan fingerprint density at radius 1 is 0.500 bits per heavy atom. The van der Waals surface area contributed by atoms with E-state index >= 15 is 0 Å². The highest BCUT2D eigenvalue weighted by Gasteiger charge is 2.25. The number of rotatable bonds is 40. The van der Waals surface area contributed by atoms with Crippen molar-refractivity contribution in [2.75, 3.05) is 26.2 Å². The smallest absolute Gasteiger partial charge is 0.307 e. The van der Waals surface area contributed by atoms with E-state index in [-0.39, 0.29) is 5.97 Å². The van der Waals surface area contributed by atoms with Crippen molar-refractivity contribution in [3.8, 4) is 0 Å². The molecule has 0 saturated carbocycles. The van der Waals surface area contributed by atoms with Crippen LogP contribution in [0.2, 0.25) is 0 Å². The topological polar surface area (TPSA) is 49.8 Å². The number of hydrogen-bond donors (Lipinski definition) is 1. The van der Waals surface area contributed by atoms with E-state index in [2.05, 4.69) is 81.2 Å². The summed E-state index contributed by atoms with van der Waals surface area (Å²) in [5, 5.41) is 11.7. The second-order valence-corrected chi connectivity index (χ2v) is 15.3. The van der Waals surface area contributed by atoms with Crippen LogP contribution < -0.4 is 0 Å². The first kappa shape index (κ1) is 50.4. The van der Waals surface area contributed by atoms with Gasteiger partial charge in [-0.25, -0.2) is 0 Å². The summed E-state index contributed by atoms with van der Waals surface area (Å²) in [4.78, 5) is 14.4. The van der Waals surface area contributed by atoms with Gasteiger partial charge in [0.25, 0.3) is 0 Å². The first-order valence-corrected chi connectivity index (χ1v) is 22.7. The van der Waals surface area contributed by atoms with Crippen LogP contribution in [-0.4, -0.2) is 47.8 Å². The molecular formula is C48H89NO3. The number of hydrogen-bond acceptors (Lipinski definition) is 4. The number of esters is 1. The third-order valence-electron chi connectivity index (χ3n) is 10.5. The number of ether oxygens (including phenoxy) is 1. The lowest BCUT2D eigenvalue weighted by Crippen LogP contribution is -2.29. The predicted octanol–water partition coefficient (Wildman–Crippen LogP) is 14.6. The summed E-state index contributed by atoms with van der Waals surface area (Å²) >= 11 is 0. The van der Waals surface area contributed by atoms with Crippen molar-refractivity contribution in [1.82, 2.24) is 4.90 Å². The molecule has 0 aliphatic rings. The average molecular weight is 728 g/mol. The summed E-state index contributed by atoms with van der Waals surface area (Å²) in [6.07, 6.45) is 53.5. The standard InChI is InChI=1S/C48H89NO3/c1-5-9-11-13-15-17-19-21-23-25-27-29-31-33-35-37-42-48(51,44-39-40-46-52-47(50)41-45-49(7-3)8-4)43-38-36-34-32-30-28-26-24-22-20-18-16-14-12-10-6-2/h15-18,21-24,51H,5-14,19-20,25-46H2,1-4H3/b17-15-,18-16-,23-21-,24-22-. The van der Waals surface area contributed by atoms with Crippen LogP contribution in [0.4, 0.5) is 0 Å². The maximum atomic E-state index is 12.2. The highest BCUT2D eigenvalue weighted by atomic mass is 16.5. The lowest BCUT2D eigenvalue weighted by Gasteiger charge is -2.29. The van der Waals surface area contributed by atoms with Crippen LogP contribution in [-0.2, 0) is 9.53 Å². The molecule has 0 aliphatic carbocycles. The summed E-state index contributed by atoms with van der Waals surface area (Å²) in [5.41, 5.74) is -0.572.